The van der Waals surface area contributed by atoms with Gasteiger partial charge in [-0.25, -0.2) is 9.37 Å². The molecule has 0 aliphatic rings. The van der Waals surface area contributed by atoms with Crippen molar-refractivity contribution in [3.63, 3.8) is 0 Å². The van der Waals surface area contributed by atoms with Crippen LogP contribution in [0.4, 0.5) is 4.39 Å². The van der Waals surface area contributed by atoms with Gasteiger partial charge in [-0.3, -0.25) is 14.6 Å². The Morgan fingerprint density at radius 2 is 1.51 bits per heavy atom. The normalized spacial score (nSPS) is 13.8. The number of amides is 2. The molecule has 1 aromatic heterocycles. The Balaban J connectivity index is 1.52. The molecular weight excluding hydrogens is 519 g/mol. The van der Waals surface area contributed by atoms with Crippen molar-refractivity contribution in [2.75, 3.05) is 0 Å². The van der Waals surface area contributed by atoms with Crippen molar-refractivity contribution in [2.24, 2.45) is 5.92 Å². The van der Waals surface area contributed by atoms with Crippen molar-refractivity contribution in [2.45, 2.75) is 63.9 Å². The molecule has 7 nitrogen and oxygen atoms in total. The van der Waals surface area contributed by atoms with Gasteiger partial charge in [0.15, 0.2) is 0 Å². The van der Waals surface area contributed by atoms with Crippen LogP contribution in [0.5, 0.6) is 0 Å². The van der Waals surface area contributed by atoms with Gasteiger partial charge in [-0.15, -0.1) is 0 Å². The number of carbonyl (C=O) groups is 2. The van der Waals surface area contributed by atoms with Crippen LogP contribution in [0.25, 0.3) is 11.0 Å². The molecule has 0 radical (unpaired) electrons. The van der Waals surface area contributed by atoms with Gasteiger partial charge in [-0.05, 0) is 62.8 Å². The molecule has 3 aromatic carbocycles. The number of benzene rings is 3. The molecule has 4 rings (SSSR count). The molecule has 41 heavy (non-hydrogen) atoms. The summed E-state index contributed by atoms with van der Waals surface area (Å²) in [5.41, 5.74) is 1.78. The highest BCUT2D eigenvalue weighted by Gasteiger charge is 2.30. The smallest absolute Gasteiger partial charge is 0.271 e. The first kappa shape index (κ1) is 29.8. The summed E-state index contributed by atoms with van der Waals surface area (Å²) in [5, 5.41) is 17.3. The maximum Gasteiger partial charge on any atom is 0.271 e. The predicted octanol–water partition coefficient (Wildman–Crippen LogP) is 5.18. The highest BCUT2D eigenvalue weighted by Crippen LogP contribution is 2.25. The highest BCUT2D eigenvalue weighted by molar-refractivity contribution is 5.94. The average Bonchev–Trinajstić information content (AvgIpc) is 2.97. The van der Waals surface area contributed by atoms with Gasteiger partial charge in [0.1, 0.15) is 11.4 Å². The average molecular weight is 557 g/mol. The first-order valence-corrected chi connectivity index (χ1v) is 13.9. The second-order valence-electron chi connectivity index (χ2n) is 11.0. The SMILES string of the molecule is CC(C)(F)CC[C@H](C[C@H](O)[C@H](Cc1ccccc1)NC(=O)c1cnc2ccccc2n1)C(=O)NCc1ccccc1. The van der Waals surface area contributed by atoms with Gasteiger partial charge in [-0.1, -0.05) is 72.8 Å². The Morgan fingerprint density at radius 3 is 2.17 bits per heavy atom. The van der Waals surface area contributed by atoms with Gasteiger partial charge < -0.3 is 15.7 Å². The van der Waals surface area contributed by atoms with Gasteiger partial charge in [0.05, 0.1) is 29.4 Å². The van der Waals surface area contributed by atoms with Gasteiger partial charge in [0.2, 0.25) is 5.91 Å². The molecular formula is C33H37FN4O3. The number of fused-ring (bicyclic) bond motifs is 1. The second kappa shape index (κ2) is 13.9. The molecule has 0 aliphatic carbocycles. The van der Waals surface area contributed by atoms with E-state index in [2.05, 4.69) is 20.6 Å². The van der Waals surface area contributed by atoms with E-state index in [0.29, 0.717) is 24.0 Å². The third-order valence-electron chi connectivity index (χ3n) is 7.05. The number of halogens is 1. The molecule has 1 heterocycles. The Morgan fingerprint density at radius 1 is 0.902 bits per heavy atom. The fourth-order valence-corrected chi connectivity index (χ4v) is 4.72. The van der Waals surface area contributed by atoms with E-state index in [1.54, 1.807) is 6.07 Å². The standard InChI is InChI=1S/C33H37FN4O3/c1-33(2,34)18-17-25(31(40)36-21-24-13-7-4-8-14-24)20-30(39)28(19-23-11-5-3-6-12-23)38-32(41)29-22-35-26-15-9-10-16-27(26)37-29/h3-16,22,25,28,30,39H,17-21H2,1-2H3,(H,36,40)(H,38,41)/t25-,28+,30+/m1/s1. The summed E-state index contributed by atoms with van der Waals surface area (Å²) in [7, 11) is 0. The fraction of sp³-hybridized carbons (Fsp3) is 0.333. The van der Waals surface area contributed by atoms with Crippen molar-refractivity contribution >= 4 is 22.8 Å². The molecule has 0 saturated carbocycles. The van der Waals surface area contributed by atoms with Crippen molar-refractivity contribution in [1.29, 1.82) is 0 Å². The van der Waals surface area contributed by atoms with Crippen LogP contribution in [0.15, 0.2) is 91.1 Å². The summed E-state index contributed by atoms with van der Waals surface area (Å²) in [4.78, 5) is 35.3. The van der Waals surface area contributed by atoms with Crippen LogP contribution in [0.2, 0.25) is 0 Å². The van der Waals surface area contributed by atoms with Crippen LogP contribution in [0.1, 0.15) is 54.7 Å². The Hall–Kier alpha value is -4.17. The summed E-state index contributed by atoms with van der Waals surface area (Å²) in [6.07, 6.45) is 1.13. The quantitative estimate of drug-likeness (QED) is 0.210. The van der Waals surface area contributed by atoms with E-state index in [9.17, 15) is 19.1 Å². The molecule has 3 N–H and O–H groups in total. The van der Waals surface area contributed by atoms with E-state index < -0.39 is 29.6 Å². The first-order chi connectivity index (χ1) is 19.7. The number of nitrogens with one attached hydrogen (secondary N) is 2. The second-order valence-corrected chi connectivity index (χ2v) is 11.0. The van der Waals surface area contributed by atoms with Crippen LogP contribution >= 0.6 is 0 Å². The zero-order valence-electron chi connectivity index (χ0n) is 23.5. The van der Waals surface area contributed by atoms with Crippen molar-refractivity contribution in [3.8, 4) is 0 Å². The van der Waals surface area contributed by atoms with E-state index in [0.717, 1.165) is 11.1 Å². The molecule has 4 aromatic rings. The molecule has 3 atom stereocenters. The molecule has 0 aliphatic heterocycles. The van der Waals surface area contributed by atoms with Crippen molar-refractivity contribution in [1.82, 2.24) is 20.6 Å². The van der Waals surface area contributed by atoms with E-state index in [-0.39, 0.29) is 30.9 Å². The maximum absolute atomic E-state index is 14.5. The molecule has 0 bridgehead atoms. The summed E-state index contributed by atoms with van der Waals surface area (Å²) < 4.78 is 14.5. The topological polar surface area (TPSA) is 104 Å². The molecule has 214 valence electrons. The molecule has 0 unspecified atom stereocenters. The number of aromatic nitrogens is 2. The van der Waals surface area contributed by atoms with Gasteiger partial charge in [0, 0.05) is 12.5 Å². The Labute approximate surface area is 240 Å². The zero-order chi connectivity index (χ0) is 29.2. The van der Waals surface area contributed by atoms with Gasteiger partial charge >= 0.3 is 0 Å². The fourth-order valence-electron chi connectivity index (χ4n) is 4.72. The predicted molar refractivity (Wildman–Crippen MR) is 158 cm³/mol. The Bertz CT molecular complexity index is 1430. The van der Waals surface area contributed by atoms with E-state index >= 15 is 0 Å². The van der Waals surface area contributed by atoms with Crippen LogP contribution in [-0.4, -0.2) is 44.7 Å². The number of alkyl halides is 1. The lowest BCUT2D eigenvalue weighted by atomic mass is 9.87. The lowest BCUT2D eigenvalue weighted by Gasteiger charge is -2.28. The van der Waals surface area contributed by atoms with Gasteiger partial charge in [-0.2, -0.15) is 0 Å². The number of hydrogen-bond acceptors (Lipinski definition) is 5. The molecule has 0 fully saturated rings. The van der Waals surface area contributed by atoms with Crippen LogP contribution in [0.3, 0.4) is 0 Å². The summed E-state index contributed by atoms with van der Waals surface area (Å²) in [5.74, 6) is -1.39. The molecule has 8 heteroatoms. The third kappa shape index (κ3) is 9.18. The van der Waals surface area contributed by atoms with E-state index in [1.165, 1.54) is 20.0 Å². The number of aliphatic hydroxyl groups is 1. The number of aliphatic hydroxyl groups excluding tert-OH is 1. The summed E-state index contributed by atoms with van der Waals surface area (Å²) in [6.45, 7) is 3.28. The maximum atomic E-state index is 14.5. The molecule has 2 amide bonds. The first-order valence-electron chi connectivity index (χ1n) is 13.9. The van der Waals surface area contributed by atoms with E-state index in [4.69, 9.17) is 0 Å². The molecule has 0 spiro atoms. The minimum Gasteiger partial charge on any atom is -0.391 e. The summed E-state index contributed by atoms with van der Waals surface area (Å²) >= 11 is 0. The molecule has 0 saturated heterocycles. The van der Waals surface area contributed by atoms with Crippen molar-refractivity contribution in [3.05, 3.63) is 108 Å². The minimum absolute atomic E-state index is 0.0535. The van der Waals surface area contributed by atoms with Crippen LogP contribution < -0.4 is 10.6 Å². The minimum atomic E-state index is -1.46. The number of nitrogens with zero attached hydrogens (tertiary/aromatic N) is 2. The lowest BCUT2D eigenvalue weighted by Crippen LogP contribution is -2.47. The number of hydrogen-bond donors (Lipinski definition) is 3. The zero-order valence-corrected chi connectivity index (χ0v) is 23.5. The van der Waals surface area contributed by atoms with Crippen molar-refractivity contribution < 1.29 is 19.1 Å². The highest BCUT2D eigenvalue weighted by atomic mass is 19.1. The number of carbonyl (C=O) groups excluding carboxylic acids is 2. The summed E-state index contributed by atoms with van der Waals surface area (Å²) in [6, 6.07) is 25.5. The van der Waals surface area contributed by atoms with E-state index in [1.807, 2.05) is 78.9 Å². The van der Waals surface area contributed by atoms with Gasteiger partial charge in [0.25, 0.3) is 5.91 Å². The third-order valence-corrected chi connectivity index (χ3v) is 7.05. The van der Waals surface area contributed by atoms with Crippen LogP contribution in [0, 0.1) is 5.92 Å². The number of para-hydroxylation sites is 2. The largest absolute Gasteiger partial charge is 0.391 e. The Kier molecular flexibility index (Phi) is 10.1. The lowest BCUT2D eigenvalue weighted by molar-refractivity contribution is -0.126. The monoisotopic (exact) mass is 556 g/mol. The number of rotatable bonds is 13. The van der Waals surface area contributed by atoms with Crippen LogP contribution in [-0.2, 0) is 17.8 Å².